The molecule has 160 valence electrons. The van der Waals surface area contributed by atoms with E-state index in [1.165, 1.54) is 16.9 Å². The Kier molecular flexibility index (Phi) is 7.53. The number of nitrogens with zero attached hydrogens (tertiary/aromatic N) is 4. The van der Waals surface area contributed by atoms with Gasteiger partial charge < -0.3 is 10.1 Å². The molecule has 1 unspecified atom stereocenters. The number of nitrogens with one attached hydrogen (secondary N) is 2. The van der Waals surface area contributed by atoms with E-state index >= 15 is 0 Å². The molecule has 0 spiro atoms. The highest BCUT2D eigenvalue weighted by Crippen LogP contribution is 2.31. The average molecular weight is 429 g/mol. The number of aryl methyl sites for hydroxylation is 1. The predicted molar refractivity (Wildman–Crippen MR) is 118 cm³/mol. The minimum atomic E-state index is -0.311. The summed E-state index contributed by atoms with van der Waals surface area (Å²) in [6.07, 6.45) is 0.913. The van der Waals surface area contributed by atoms with Crippen LogP contribution in [0.3, 0.4) is 0 Å². The van der Waals surface area contributed by atoms with E-state index in [0.29, 0.717) is 24.8 Å². The first-order valence-corrected chi connectivity index (χ1v) is 10.8. The minimum absolute atomic E-state index is 0.172. The molecule has 0 bridgehead atoms. The Labute approximate surface area is 180 Å². The molecule has 3 rings (SSSR count). The lowest BCUT2D eigenvalue weighted by molar-refractivity contribution is 0.182. The predicted octanol–water partition coefficient (Wildman–Crippen LogP) is 3.86. The van der Waals surface area contributed by atoms with Gasteiger partial charge in [0.2, 0.25) is 5.13 Å². The van der Waals surface area contributed by atoms with Crippen LogP contribution in [-0.4, -0.2) is 39.7 Å². The van der Waals surface area contributed by atoms with Crippen molar-refractivity contribution >= 4 is 22.5 Å². The lowest BCUT2D eigenvalue weighted by Gasteiger charge is -2.11. The zero-order valence-electron chi connectivity index (χ0n) is 17.8. The van der Waals surface area contributed by atoms with Gasteiger partial charge in [0.15, 0.2) is 0 Å². The van der Waals surface area contributed by atoms with Crippen molar-refractivity contribution in [2.75, 3.05) is 19.0 Å². The topological polar surface area (TPSA) is 94.0 Å². The van der Waals surface area contributed by atoms with Gasteiger partial charge in [0.1, 0.15) is 5.01 Å². The van der Waals surface area contributed by atoms with Crippen molar-refractivity contribution in [1.82, 2.24) is 25.3 Å². The molecule has 2 heterocycles. The normalized spacial score (nSPS) is 12.0. The number of rotatable bonds is 9. The first-order chi connectivity index (χ1) is 14.5. The number of urea groups is 1. The van der Waals surface area contributed by atoms with Crippen molar-refractivity contribution in [2.24, 2.45) is 0 Å². The van der Waals surface area contributed by atoms with Crippen LogP contribution in [0, 0.1) is 13.8 Å². The number of carbonyl (C=O) groups is 1. The molecule has 0 aliphatic carbocycles. The Morgan fingerprint density at radius 1 is 1.23 bits per heavy atom. The summed E-state index contributed by atoms with van der Waals surface area (Å²) in [4.78, 5) is 12.4. The van der Waals surface area contributed by atoms with Crippen molar-refractivity contribution in [1.29, 1.82) is 0 Å². The molecule has 2 aromatic heterocycles. The maximum atomic E-state index is 12.4. The first-order valence-electron chi connectivity index (χ1n) is 9.98. The van der Waals surface area contributed by atoms with Crippen molar-refractivity contribution in [2.45, 2.75) is 46.2 Å². The maximum Gasteiger partial charge on any atom is 0.321 e. The third-order valence-corrected chi connectivity index (χ3v) is 5.99. The second-order valence-corrected chi connectivity index (χ2v) is 8.00. The van der Waals surface area contributed by atoms with Crippen molar-refractivity contribution < 1.29 is 9.53 Å². The van der Waals surface area contributed by atoms with Gasteiger partial charge in [0.25, 0.3) is 0 Å². The van der Waals surface area contributed by atoms with Crippen LogP contribution < -0.4 is 10.6 Å². The van der Waals surface area contributed by atoms with Gasteiger partial charge in [-0.2, -0.15) is 5.10 Å². The van der Waals surface area contributed by atoms with E-state index in [4.69, 9.17) is 4.74 Å². The summed E-state index contributed by atoms with van der Waals surface area (Å²) in [6.45, 7) is 7.73. The van der Waals surface area contributed by atoms with Crippen LogP contribution in [0.2, 0.25) is 0 Å². The fraction of sp³-hybridized carbons (Fsp3) is 0.429. The summed E-state index contributed by atoms with van der Waals surface area (Å²) < 4.78 is 7.02. The standard InChI is InChI=1S/C21H28N6O2S/c1-5-17(16-9-7-6-8-10-16)19-24-25-21(30-19)23-20(28)22-13-18-14(2)26-27(15(18)3)11-12-29-4/h6-10,17H,5,11-13H2,1-4H3,(H2,22,23,25,28). The lowest BCUT2D eigenvalue weighted by Crippen LogP contribution is -2.28. The van der Waals surface area contributed by atoms with E-state index in [1.54, 1.807) is 7.11 Å². The van der Waals surface area contributed by atoms with E-state index in [9.17, 15) is 4.79 Å². The fourth-order valence-corrected chi connectivity index (χ4v) is 4.31. The number of hydrogen-bond acceptors (Lipinski definition) is 6. The van der Waals surface area contributed by atoms with Gasteiger partial charge in [-0.1, -0.05) is 48.6 Å². The second kappa shape index (κ2) is 10.3. The summed E-state index contributed by atoms with van der Waals surface area (Å²) in [5.41, 5.74) is 4.13. The van der Waals surface area contributed by atoms with Crippen LogP contribution in [-0.2, 0) is 17.8 Å². The van der Waals surface area contributed by atoms with E-state index < -0.39 is 0 Å². The van der Waals surface area contributed by atoms with Crippen LogP contribution in [0.1, 0.15) is 46.8 Å². The van der Waals surface area contributed by atoms with Gasteiger partial charge in [-0.15, -0.1) is 10.2 Å². The Bertz CT molecular complexity index is 969. The highest BCUT2D eigenvalue weighted by molar-refractivity contribution is 7.15. The van der Waals surface area contributed by atoms with Gasteiger partial charge in [-0.25, -0.2) is 4.79 Å². The molecule has 0 saturated heterocycles. The number of aromatic nitrogens is 4. The molecule has 3 aromatic rings. The number of amides is 2. The van der Waals surface area contributed by atoms with Gasteiger partial charge in [-0.3, -0.25) is 10.00 Å². The van der Waals surface area contributed by atoms with Gasteiger partial charge >= 0.3 is 6.03 Å². The van der Waals surface area contributed by atoms with Crippen LogP contribution in [0.25, 0.3) is 0 Å². The minimum Gasteiger partial charge on any atom is -0.383 e. The molecule has 0 radical (unpaired) electrons. The number of anilines is 1. The molecule has 0 aliphatic heterocycles. The summed E-state index contributed by atoms with van der Waals surface area (Å²) in [6, 6.07) is 9.91. The third kappa shape index (κ3) is 5.22. The largest absolute Gasteiger partial charge is 0.383 e. The zero-order chi connectivity index (χ0) is 21.5. The van der Waals surface area contributed by atoms with Crippen LogP contribution in [0.15, 0.2) is 30.3 Å². The molecular weight excluding hydrogens is 400 g/mol. The molecule has 2 N–H and O–H groups in total. The SMILES string of the molecule is CCC(c1ccccc1)c1nnc(NC(=O)NCc2c(C)nn(CCOC)c2C)s1. The molecule has 1 aromatic carbocycles. The third-order valence-electron chi connectivity index (χ3n) is 5.03. The van der Waals surface area contributed by atoms with E-state index in [0.717, 1.165) is 28.4 Å². The molecule has 0 aliphatic rings. The Balaban J connectivity index is 1.59. The van der Waals surface area contributed by atoms with Crippen molar-refractivity contribution in [3.05, 3.63) is 57.9 Å². The fourth-order valence-electron chi connectivity index (χ4n) is 3.36. The molecule has 0 fully saturated rings. The summed E-state index contributed by atoms with van der Waals surface area (Å²) >= 11 is 1.41. The number of benzene rings is 1. The first kappa shape index (κ1) is 21.9. The molecule has 0 saturated carbocycles. The molecule has 1 atom stereocenters. The number of hydrogen-bond donors (Lipinski definition) is 2. The summed E-state index contributed by atoms with van der Waals surface area (Å²) in [7, 11) is 1.67. The van der Waals surface area contributed by atoms with Crippen LogP contribution in [0.4, 0.5) is 9.93 Å². The van der Waals surface area contributed by atoms with Gasteiger partial charge in [-0.05, 0) is 25.8 Å². The van der Waals surface area contributed by atoms with Crippen molar-refractivity contribution in [3.63, 3.8) is 0 Å². The Morgan fingerprint density at radius 3 is 2.70 bits per heavy atom. The molecule has 9 heteroatoms. The molecule has 30 heavy (non-hydrogen) atoms. The smallest absolute Gasteiger partial charge is 0.321 e. The molecular formula is C21H28N6O2S. The van der Waals surface area contributed by atoms with Crippen LogP contribution in [0.5, 0.6) is 0 Å². The molecule has 8 nitrogen and oxygen atoms in total. The Hall–Kier alpha value is -2.78. The van der Waals surface area contributed by atoms with Gasteiger partial charge in [0.05, 0.1) is 18.8 Å². The summed E-state index contributed by atoms with van der Waals surface area (Å²) in [5, 5.41) is 20.0. The maximum absolute atomic E-state index is 12.4. The molecule has 2 amide bonds. The number of carbonyl (C=O) groups excluding carboxylic acids is 1. The average Bonchev–Trinajstić information content (AvgIpc) is 3.30. The van der Waals surface area contributed by atoms with Crippen molar-refractivity contribution in [3.8, 4) is 0 Å². The zero-order valence-corrected chi connectivity index (χ0v) is 18.6. The number of methoxy groups -OCH3 is 1. The lowest BCUT2D eigenvalue weighted by atomic mass is 9.97. The summed E-state index contributed by atoms with van der Waals surface area (Å²) in [5.74, 6) is 0.172. The van der Waals surface area contributed by atoms with Gasteiger partial charge in [0, 0.05) is 30.8 Å². The quantitative estimate of drug-likeness (QED) is 0.540. The highest BCUT2D eigenvalue weighted by atomic mass is 32.1. The van der Waals surface area contributed by atoms with E-state index in [1.807, 2.05) is 36.7 Å². The Morgan fingerprint density at radius 2 is 2.00 bits per heavy atom. The number of ether oxygens (including phenoxy) is 1. The highest BCUT2D eigenvalue weighted by Gasteiger charge is 2.18. The van der Waals surface area contributed by atoms with E-state index in [2.05, 4.69) is 45.0 Å². The van der Waals surface area contributed by atoms with E-state index in [-0.39, 0.29) is 11.9 Å². The second-order valence-electron chi connectivity index (χ2n) is 6.99. The van der Waals surface area contributed by atoms with Crippen LogP contribution >= 0.6 is 11.3 Å². The monoisotopic (exact) mass is 428 g/mol.